The van der Waals surface area contributed by atoms with Crippen LogP contribution in [0.15, 0.2) is 48.5 Å². The minimum Gasteiger partial charge on any atom is -0.381 e. The van der Waals surface area contributed by atoms with Gasteiger partial charge < -0.3 is 14.8 Å². The molecule has 0 bridgehead atoms. The molecule has 0 saturated carbocycles. The zero-order chi connectivity index (χ0) is 19.8. The van der Waals surface area contributed by atoms with Crippen molar-refractivity contribution in [3.05, 3.63) is 69.8 Å². The van der Waals surface area contributed by atoms with Crippen LogP contribution in [0.2, 0.25) is 0 Å². The molecule has 2 aromatic rings. The molecule has 28 heavy (non-hydrogen) atoms. The van der Waals surface area contributed by atoms with Gasteiger partial charge in [-0.25, -0.2) is 0 Å². The number of nitro benzene ring substituents is 1. The van der Waals surface area contributed by atoms with Crippen molar-refractivity contribution < 1.29 is 14.4 Å². The maximum Gasteiger partial charge on any atom is 0.295 e. The van der Waals surface area contributed by atoms with Gasteiger partial charge in [-0.3, -0.25) is 10.1 Å². The van der Waals surface area contributed by atoms with Crippen LogP contribution in [-0.4, -0.2) is 31.3 Å². The average Bonchev–Trinajstić information content (AvgIpc) is 2.71. The van der Waals surface area contributed by atoms with Gasteiger partial charge in [-0.15, -0.1) is 0 Å². The van der Waals surface area contributed by atoms with E-state index in [2.05, 4.69) is 17.4 Å². The molecule has 0 aromatic heterocycles. The van der Waals surface area contributed by atoms with Crippen molar-refractivity contribution in [1.29, 1.82) is 0 Å². The van der Waals surface area contributed by atoms with Crippen molar-refractivity contribution in [2.24, 2.45) is 5.41 Å². The Hall–Kier alpha value is -2.44. The predicted octanol–water partition coefficient (Wildman–Crippen LogP) is 4.72. The second-order valence-corrected chi connectivity index (χ2v) is 7.48. The molecule has 1 saturated heterocycles. The lowest BCUT2D eigenvalue weighted by molar-refractivity contribution is -0.384. The van der Waals surface area contributed by atoms with Gasteiger partial charge in [0.1, 0.15) is 5.69 Å². The molecule has 0 spiro atoms. The maximum atomic E-state index is 11.4. The highest BCUT2D eigenvalue weighted by atomic mass is 16.6. The number of aryl methyl sites for hydroxylation is 1. The van der Waals surface area contributed by atoms with Gasteiger partial charge in [-0.2, -0.15) is 0 Å². The summed E-state index contributed by atoms with van der Waals surface area (Å²) in [6, 6.07) is 15.5. The number of rotatable bonds is 9. The molecule has 1 heterocycles. The van der Waals surface area contributed by atoms with Gasteiger partial charge in [0.05, 0.1) is 11.5 Å². The monoisotopic (exact) mass is 384 g/mol. The smallest absolute Gasteiger partial charge is 0.295 e. The number of benzene rings is 2. The zero-order valence-corrected chi connectivity index (χ0v) is 16.4. The molecule has 1 aliphatic heterocycles. The van der Waals surface area contributed by atoms with Gasteiger partial charge >= 0.3 is 0 Å². The fraction of sp³-hybridized carbons (Fsp3) is 0.455. The van der Waals surface area contributed by atoms with Crippen molar-refractivity contribution in [1.82, 2.24) is 0 Å². The molecule has 0 atom stereocenters. The van der Waals surface area contributed by atoms with Gasteiger partial charge in [0, 0.05) is 31.9 Å². The lowest BCUT2D eigenvalue weighted by Gasteiger charge is -2.37. The Morgan fingerprint density at radius 1 is 1.14 bits per heavy atom. The number of ether oxygens (including phenoxy) is 2. The van der Waals surface area contributed by atoms with Crippen molar-refractivity contribution >= 4 is 11.4 Å². The molecule has 0 amide bonds. The highest BCUT2D eigenvalue weighted by Gasteiger charge is 2.33. The Bertz CT molecular complexity index is 773. The molecule has 0 radical (unpaired) electrons. The lowest BCUT2D eigenvalue weighted by atomic mass is 9.77. The SMILES string of the molecule is Cc1cccc(NCC2(CCOCc3ccccc3)CCOCC2)c1[N+](=O)[O-]. The standard InChI is InChI=1S/C22H28N2O4/c1-18-6-5-9-20(21(18)24(25)26)23-17-22(10-13-27-14-11-22)12-15-28-16-19-7-3-2-4-8-19/h2-9,23H,10-17H2,1H3. The normalized spacial score (nSPS) is 15.9. The summed E-state index contributed by atoms with van der Waals surface area (Å²) in [5, 5.41) is 14.8. The summed E-state index contributed by atoms with van der Waals surface area (Å²) in [7, 11) is 0. The van der Waals surface area contributed by atoms with E-state index < -0.39 is 0 Å². The molecule has 150 valence electrons. The summed E-state index contributed by atoms with van der Waals surface area (Å²) >= 11 is 0. The molecule has 1 aliphatic rings. The predicted molar refractivity (Wildman–Crippen MR) is 110 cm³/mol. The molecule has 3 rings (SSSR count). The van der Waals surface area contributed by atoms with E-state index >= 15 is 0 Å². The van der Waals surface area contributed by atoms with Crippen LogP contribution in [0.4, 0.5) is 11.4 Å². The Labute approximate surface area is 166 Å². The Balaban J connectivity index is 1.60. The van der Waals surface area contributed by atoms with E-state index in [1.54, 1.807) is 19.1 Å². The molecule has 1 N–H and O–H groups in total. The summed E-state index contributed by atoms with van der Waals surface area (Å²) in [5.74, 6) is 0. The maximum absolute atomic E-state index is 11.4. The van der Waals surface area contributed by atoms with E-state index in [0.29, 0.717) is 31.0 Å². The second-order valence-electron chi connectivity index (χ2n) is 7.48. The number of para-hydroxylation sites is 1. The van der Waals surface area contributed by atoms with Crippen LogP contribution < -0.4 is 5.32 Å². The number of nitrogens with one attached hydrogen (secondary N) is 1. The number of anilines is 1. The first kappa shape index (κ1) is 20.3. The van der Waals surface area contributed by atoms with Crippen LogP contribution in [0, 0.1) is 22.5 Å². The summed E-state index contributed by atoms with van der Waals surface area (Å²) in [5.41, 5.74) is 2.59. The van der Waals surface area contributed by atoms with Gasteiger partial charge in [-0.1, -0.05) is 42.5 Å². The number of hydrogen-bond acceptors (Lipinski definition) is 5. The summed E-state index contributed by atoms with van der Waals surface area (Å²) < 4.78 is 11.5. The quantitative estimate of drug-likeness (QED) is 0.385. The molecule has 6 nitrogen and oxygen atoms in total. The fourth-order valence-electron chi connectivity index (χ4n) is 3.70. The van der Waals surface area contributed by atoms with Gasteiger partial charge in [0.25, 0.3) is 5.69 Å². The number of nitrogens with zero attached hydrogens (tertiary/aromatic N) is 1. The zero-order valence-electron chi connectivity index (χ0n) is 16.4. The molecule has 0 aliphatic carbocycles. The summed E-state index contributed by atoms with van der Waals surface area (Å²) in [4.78, 5) is 11.1. The molecule has 6 heteroatoms. The lowest BCUT2D eigenvalue weighted by Crippen LogP contribution is -2.37. The second kappa shape index (κ2) is 9.66. The third-order valence-corrected chi connectivity index (χ3v) is 5.52. The van der Waals surface area contributed by atoms with Crippen molar-refractivity contribution in [3.8, 4) is 0 Å². The van der Waals surface area contributed by atoms with Gasteiger partial charge in [0.2, 0.25) is 0 Å². The van der Waals surface area contributed by atoms with Crippen molar-refractivity contribution in [2.45, 2.75) is 32.8 Å². The third kappa shape index (κ3) is 5.30. The van der Waals surface area contributed by atoms with E-state index in [1.807, 2.05) is 24.3 Å². The summed E-state index contributed by atoms with van der Waals surface area (Å²) in [6.07, 6.45) is 2.75. The van der Waals surface area contributed by atoms with E-state index in [4.69, 9.17) is 9.47 Å². The van der Waals surface area contributed by atoms with Crippen LogP contribution in [0.1, 0.15) is 30.4 Å². The van der Waals surface area contributed by atoms with Crippen LogP contribution in [0.25, 0.3) is 0 Å². The van der Waals surface area contributed by atoms with Crippen LogP contribution in [0.3, 0.4) is 0 Å². The van der Waals surface area contributed by atoms with Crippen LogP contribution in [0.5, 0.6) is 0 Å². The molecule has 1 fully saturated rings. The largest absolute Gasteiger partial charge is 0.381 e. The first-order chi connectivity index (χ1) is 13.6. The minimum absolute atomic E-state index is 0.0204. The molecule has 2 aromatic carbocycles. The molecular weight excluding hydrogens is 356 g/mol. The Kier molecular flexibility index (Phi) is 7.01. The van der Waals surface area contributed by atoms with E-state index in [1.165, 1.54) is 0 Å². The van der Waals surface area contributed by atoms with E-state index in [-0.39, 0.29) is 16.0 Å². The van der Waals surface area contributed by atoms with Crippen molar-refractivity contribution in [2.75, 3.05) is 31.7 Å². The first-order valence-electron chi connectivity index (χ1n) is 9.77. The Morgan fingerprint density at radius 3 is 2.61 bits per heavy atom. The van der Waals surface area contributed by atoms with E-state index in [9.17, 15) is 10.1 Å². The van der Waals surface area contributed by atoms with E-state index in [0.717, 1.165) is 38.0 Å². The highest BCUT2D eigenvalue weighted by Crippen LogP contribution is 2.36. The fourth-order valence-corrected chi connectivity index (χ4v) is 3.70. The first-order valence-corrected chi connectivity index (χ1v) is 9.77. The molecule has 0 unspecified atom stereocenters. The van der Waals surface area contributed by atoms with Gasteiger partial charge in [0.15, 0.2) is 0 Å². The number of hydrogen-bond donors (Lipinski definition) is 1. The number of nitro groups is 1. The highest BCUT2D eigenvalue weighted by molar-refractivity contribution is 5.65. The summed E-state index contributed by atoms with van der Waals surface area (Å²) in [6.45, 7) is 5.14. The van der Waals surface area contributed by atoms with Gasteiger partial charge in [-0.05, 0) is 43.2 Å². The van der Waals surface area contributed by atoms with Crippen molar-refractivity contribution in [3.63, 3.8) is 0 Å². The Morgan fingerprint density at radius 2 is 1.89 bits per heavy atom. The third-order valence-electron chi connectivity index (χ3n) is 5.52. The minimum atomic E-state index is -0.308. The molecular formula is C22H28N2O4. The van der Waals surface area contributed by atoms with Crippen LogP contribution >= 0.6 is 0 Å². The topological polar surface area (TPSA) is 73.6 Å². The van der Waals surface area contributed by atoms with Crippen LogP contribution in [-0.2, 0) is 16.1 Å². The average molecular weight is 384 g/mol.